The van der Waals surface area contributed by atoms with Crippen molar-refractivity contribution in [2.24, 2.45) is 11.3 Å². The van der Waals surface area contributed by atoms with Crippen LogP contribution in [0.1, 0.15) is 70.8 Å². The van der Waals surface area contributed by atoms with E-state index in [0.29, 0.717) is 37.7 Å². The number of aliphatic hydroxyl groups is 1. The van der Waals surface area contributed by atoms with Gasteiger partial charge in [-0.1, -0.05) is 39.3 Å². The highest BCUT2D eigenvalue weighted by molar-refractivity contribution is 6.36. The van der Waals surface area contributed by atoms with Gasteiger partial charge in [0.1, 0.15) is 11.6 Å². The van der Waals surface area contributed by atoms with Gasteiger partial charge in [-0.15, -0.1) is 0 Å². The van der Waals surface area contributed by atoms with E-state index < -0.39 is 18.1 Å². The molecule has 1 saturated carbocycles. The van der Waals surface area contributed by atoms with Crippen LogP contribution in [0, 0.1) is 11.3 Å². The van der Waals surface area contributed by atoms with Crippen molar-refractivity contribution < 1.29 is 23.4 Å². The zero-order valence-corrected chi connectivity index (χ0v) is 22.3. The van der Waals surface area contributed by atoms with Gasteiger partial charge in [-0.05, 0) is 43.9 Å². The monoisotopic (exact) mass is 527 g/mol. The topological polar surface area (TPSA) is 101 Å². The first-order valence-electron chi connectivity index (χ1n) is 12.3. The molecule has 1 aliphatic carbocycles. The third-order valence-electron chi connectivity index (χ3n) is 6.33. The quantitative estimate of drug-likeness (QED) is 0.406. The zero-order chi connectivity index (χ0) is 26.7. The summed E-state index contributed by atoms with van der Waals surface area (Å²) >= 11 is 6.59. The molecule has 11 heteroatoms. The number of pyridine rings is 1. The van der Waals surface area contributed by atoms with Gasteiger partial charge >= 0.3 is 6.61 Å². The molecule has 2 aromatic rings. The SMILES string of the molecule is CCn1nc(C(=O)NCC2(O)CCC(C)CC2)c(Cl)c1-c1cnc(NCC(C)(C)C)cc1OC(F)F. The lowest BCUT2D eigenvalue weighted by molar-refractivity contribution is -0.0494. The largest absolute Gasteiger partial charge is 0.434 e. The standard InChI is InChI=1S/C25H36ClF2N5O3/c1-6-33-21(16-12-29-18(30-13-24(3,4)5)11-17(16)36-23(27)28)19(26)20(32-33)22(34)31-14-25(35)9-7-15(2)8-10-25/h11-12,15,23,35H,6-10,13-14H2,1-5H3,(H,29,30)(H,31,34). The highest BCUT2D eigenvalue weighted by Crippen LogP contribution is 2.38. The molecule has 0 aliphatic heterocycles. The fraction of sp³-hybridized carbons (Fsp3) is 0.640. The van der Waals surface area contributed by atoms with Crippen LogP contribution in [0.25, 0.3) is 11.3 Å². The second-order valence-electron chi connectivity index (χ2n) is 10.8. The van der Waals surface area contributed by atoms with Gasteiger partial charge in [-0.2, -0.15) is 13.9 Å². The molecule has 200 valence electrons. The number of carbonyl (C=O) groups is 1. The van der Waals surface area contributed by atoms with Crippen LogP contribution < -0.4 is 15.4 Å². The Hall–Kier alpha value is -2.46. The van der Waals surface area contributed by atoms with Crippen molar-refractivity contribution in [3.8, 4) is 17.0 Å². The number of hydrogen-bond acceptors (Lipinski definition) is 6. The molecule has 0 unspecified atom stereocenters. The van der Waals surface area contributed by atoms with Gasteiger partial charge in [-0.25, -0.2) is 4.98 Å². The third kappa shape index (κ3) is 7.06. The van der Waals surface area contributed by atoms with Gasteiger partial charge in [-0.3, -0.25) is 9.48 Å². The lowest BCUT2D eigenvalue weighted by atomic mass is 9.79. The maximum Gasteiger partial charge on any atom is 0.387 e. The number of nitrogens with one attached hydrogen (secondary N) is 2. The second kappa shape index (κ2) is 11.3. The Morgan fingerprint density at radius 2 is 2.03 bits per heavy atom. The van der Waals surface area contributed by atoms with E-state index in [9.17, 15) is 18.7 Å². The van der Waals surface area contributed by atoms with E-state index in [-0.39, 0.29) is 39.7 Å². The van der Waals surface area contributed by atoms with E-state index in [4.69, 9.17) is 16.3 Å². The summed E-state index contributed by atoms with van der Waals surface area (Å²) in [4.78, 5) is 17.3. The number of anilines is 1. The molecule has 3 N–H and O–H groups in total. The van der Waals surface area contributed by atoms with Crippen molar-refractivity contribution in [3.05, 3.63) is 23.0 Å². The number of carbonyl (C=O) groups excluding carboxylic acids is 1. The van der Waals surface area contributed by atoms with Crippen LogP contribution in [0.2, 0.25) is 5.02 Å². The number of nitrogens with zero attached hydrogens (tertiary/aromatic N) is 3. The average molecular weight is 528 g/mol. The molecule has 1 fully saturated rings. The Bertz CT molecular complexity index is 1060. The number of alkyl halides is 2. The van der Waals surface area contributed by atoms with Crippen molar-refractivity contribution in [1.82, 2.24) is 20.1 Å². The molecule has 1 amide bonds. The smallest absolute Gasteiger partial charge is 0.387 e. The number of amides is 1. The van der Waals surface area contributed by atoms with Gasteiger partial charge in [0.2, 0.25) is 0 Å². The van der Waals surface area contributed by atoms with Gasteiger partial charge in [0.25, 0.3) is 5.91 Å². The number of ether oxygens (including phenoxy) is 1. The molecule has 2 heterocycles. The van der Waals surface area contributed by atoms with E-state index in [1.165, 1.54) is 16.9 Å². The lowest BCUT2D eigenvalue weighted by Gasteiger charge is -2.34. The summed E-state index contributed by atoms with van der Waals surface area (Å²) in [7, 11) is 0. The number of rotatable bonds is 9. The van der Waals surface area contributed by atoms with Gasteiger partial charge < -0.3 is 20.5 Å². The fourth-order valence-electron chi connectivity index (χ4n) is 4.14. The van der Waals surface area contributed by atoms with E-state index in [2.05, 4.69) is 27.6 Å². The summed E-state index contributed by atoms with van der Waals surface area (Å²) < 4.78 is 32.8. The maximum absolute atomic E-state index is 13.3. The van der Waals surface area contributed by atoms with Crippen molar-refractivity contribution in [3.63, 3.8) is 0 Å². The summed E-state index contributed by atoms with van der Waals surface area (Å²) in [6.45, 7) is 7.93. The minimum atomic E-state index is -3.07. The molecule has 0 spiro atoms. The van der Waals surface area contributed by atoms with Gasteiger partial charge in [0.15, 0.2) is 5.69 Å². The molecule has 3 rings (SSSR count). The Morgan fingerprint density at radius 1 is 1.36 bits per heavy atom. The summed E-state index contributed by atoms with van der Waals surface area (Å²) in [5.41, 5.74) is -0.642. The molecule has 0 saturated heterocycles. The molecule has 8 nitrogen and oxygen atoms in total. The van der Waals surface area contributed by atoms with Crippen molar-refractivity contribution in [2.45, 2.75) is 79.1 Å². The average Bonchev–Trinajstić information content (AvgIpc) is 3.14. The minimum absolute atomic E-state index is 0.00470. The van der Waals surface area contributed by atoms with Crippen molar-refractivity contribution >= 4 is 23.3 Å². The molecular weight excluding hydrogens is 492 g/mol. The van der Waals surface area contributed by atoms with Crippen molar-refractivity contribution in [2.75, 3.05) is 18.4 Å². The van der Waals surface area contributed by atoms with Crippen LogP contribution in [-0.4, -0.2) is 51.1 Å². The minimum Gasteiger partial charge on any atom is -0.434 e. The Balaban J connectivity index is 1.89. The van der Waals surface area contributed by atoms with E-state index >= 15 is 0 Å². The summed E-state index contributed by atoms with van der Waals surface area (Å²) in [5.74, 6) is 0.237. The molecule has 0 bridgehead atoms. The second-order valence-corrected chi connectivity index (χ2v) is 11.2. The molecule has 0 radical (unpaired) electrons. The zero-order valence-electron chi connectivity index (χ0n) is 21.5. The molecule has 0 atom stereocenters. The molecule has 1 aliphatic rings. The molecule has 0 aromatic carbocycles. The number of aromatic nitrogens is 3. The van der Waals surface area contributed by atoms with Crippen LogP contribution in [-0.2, 0) is 6.54 Å². The Kier molecular flexibility index (Phi) is 8.82. The third-order valence-corrected chi connectivity index (χ3v) is 6.69. The predicted octanol–water partition coefficient (Wildman–Crippen LogP) is 5.35. The van der Waals surface area contributed by atoms with E-state index in [1.54, 1.807) is 6.92 Å². The van der Waals surface area contributed by atoms with E-state index in [0.717, 1.165) is 12.8 Å². The first kappa shape index (κ1) is 28.1. The summed E-state index contributed by atoms with van der Waals surface area (Å²) in [6, 6.07) is 1.38. The maximum atomic E-state index is 13.3. The predicted molar refractivity (Wildman–Crippen MR) is 136 cm³/mol. The van der Waals surface area contributed by atoms with Crippen LogP contribution in [0.3, 0.4) is 0 Å². The highest BCUT2D eigenvalue weighted by atomic mass is 35.5. The highest BCUT2D eigenvalue weighted by Gasteiger charge is 2.33. The summed E-state index contributed by atoms with van der Waals surface area (Å²) in [5, 5.41) is 21.0. The van der Waals surface area contributed by atoms with Crippen LogP contribution in [0.15, 0.2) is 12.3 Å². The van der Waals surface area contributed by atoms with Gasteiger partial charge in [0, 0.05) is 31.9 Å². The Morgan fingerprint density at radius 3 is 2.61 bits per heavy atom. The number of aryl methyl sites for hydroxylation is 1. The van der Waals surface area contributed by atoms with Gasteiger partial charge in [0.05, 0.1) is 21.9 Å². The number of halogens is 3. The normalized spacial score (nSPS) is 20.4. The molecular formula is C25H36ClF2N5O3. The Labute approximate surface area is 215 Å². The van der Waals surface area contributed by atoms with Crippen LogP contribution >= 0.6 is 11.6 Å². The lowest BCUT2D eigenvalue weighted by Crippen LogP contribution is -2.45. The van der Waals surface area contributed by atoms with Crippen LogP contribution in [0.5, 0.6) is 5.75 Å². The number of hydrogen-bond donors (Lipinski definition) is 3. The van der Waals surface area contributed by atoms with Crippen LogP contribution in [0.4, 0.5) is 14.6 Å². The summed E-state index contributed by atoms with van der Waals surface area (Å²) in [6.07, 6.45) is 4.37. The molecule has 36 heavy (non-hydrogen) atoms. The molecule has 2 aromatic heterocycles. The first-order valence-corrected chi connectivity index (χ1v) is 12.7. The van der Waals surface area contributed by atoms with E-state index in [1.807, 2.05) is 20.8 Å². The first-order chi connectivity index (χ1) is 16.8. The fourth-order valence-corrected chi connectivity index (χ4v) is 4.46. The van der Waals surface area contributed by atoms with Crippen molar-refractivity contribution in [1.29, 1.82) is 0 Å².